The zero-order chi connectivity index (χ0) is 16.0. The van der Waals surface area contributed by atoms with E-state index in [4.69, 9.17) is 4.74 Å². The lowest BCUT2D eigenvalue weighted by Gasteiger charge is -2.15. The zero-order valence-electron chi connectivity index (χ0n) is 13.3. The van der Waals surface area contributed by atoms with Crippen LogP contribution < -0.4 is 15.4 Å². The van der Waals surface area contributed by atoms with E-state index in [9.17, 15) is 9.59 Å². The predicted octanol–water partition coefficient (Wildman–Crippen LogP) is 2.72. The molecule has 2 N–H and O–H groups in total. The normalized spacial score (nSPS) is 15.0. The topological polar surface area (TPSA) is 67.4 Å². The summed E-state index contributed by atoms with van der Waals surface area (Å²) in [7, 11) is 1.58. The quantitative estimate of drug-likeness (QED) is 0.573. The van der Waals surface area contributed by atoms with E-state index >= 15 is 0 Å². The summed E-state index contributed by atoms with van der Waals surface area (Å²) in [5, 5.41) is 5.71. The molecule has 5 heteroatoms. The van der Waals surface area contributed by atoms with Crippen LogP contribution in [0.5, 0.6) is 5.75 Å². The van der Waals surface area contributed by atoms with Crippen molar-refractivity contribution in [2.75, 3.05) is 19.0 Å². The SMILES string of the molecule is CCCCCNC(=O)C1(C(=O)Nc2cccc(OC)c2)CC1. The predicted molar refractivity (Wildman–Crippen MR) is 85.8 cm³/mol. The number of benzene rings is 1. The molecule has 2 amide bonds. The molecule has 1 aliphatic carbocycles. The molecule has 1 aliphatic rings. The molecule has 22 heavy (non-hydrogen) atoms. The fourth-order valence-electron chi connectivity index (χ4n) is 2.38. The molecule has 0 heterocycles. The van der Waals surface area contributed by atoms with Gasteiger partial charge >= 0.3 is 0 Å². The average Bonchev–Trinajstić information content (AvgIpc) is 3.33. The first-order valence-corrected chi connectivity index (χ1v) is 7.86. The van der Waals surface area contributed by atoms with E-state index in [1.54, 1.807) is 25.3 Å². The van der Waals surface area contributed by atoms with Crippen LogP contribution in [0.25, 0.3) is 0 Å². The third kappa shape index (κ3) is 3.78. The van der Waals surface area contributed by atoms with Gasteiger partial charge in [0.25, 0.3) is 0 Å². The summed E-state index contributed by atoms with van der Waals surface area (Å²) in [6, 6.07) is 7.14. The molecule has 0 saturated heterocycles. The third-order valence-corrected chi connectivity index (χ3v) is 4.01. The van der Waals surface area contributed by atoms with Crippen LogP contribution in [-0.4, -0.2) is 25.5 Å². The minimum Gasteiger partial charge on any atom is -0.497 e. The number of rotatable bonds is 8. The van der Waals surface area contributed by atoms with Crippen LogP contribution in [0.3, 0.4) is 0 Å². The van der Waals surface area contributed by atoms with Gasteiger partial charge in [0.05, 0.1) is 7.11 Å². The van der Waals surface area contributed by atoms with E-state index in [1.807, 2.05) is 6.07 Å². The first-order chi connectivity index (χ1) is 10.6. The van der Waals surface area contributed by atoms with Crippen molar-refractivity contribution in [2.24, 2.45) is 5.41 Å². The van der Waals surface area contributed by atoms with E-state index in [-0.39, 0.29) is 11.8 Å². The van der Waals surface area contributed by atoms with Gasteiger partial charge in [-0.2, -0.15) is 0 Å². The summed E-state index contributed by atoms with van der Waals surface area (Å²) in [6.07, 6.45) is 4.38. The molecular formula is C17H24N2O3. The van der Waals surface area contributed by atoms with E-state index in [0.717, 1.165) is 19.3 Å². The molecule has 0 radical (unpaired) electrons. The van der Waals surface area contributed by atoms with Gasteiger partial charge in [-0.3, -0.25) is 9.59 Å². The van der Waals surface area contributed by atoms with Gasteiger partial charge in [0.1, 0.15) is 11.2 Å². The van der Waals surface area contributed by atoms with Crippen molar-refractivity contribution < 1.29 is 14.3 Å². The van der Waals surface area contributed by atoms with Gasteiger partial charge in [-0.15, -0.1) is 0 Å². The Balaban J connectivity index is 1.91. The van der Waals surface area contributed by atoms with Crippen LogP contribution in [0.1, 0.15) is 39.0 Å². The standard InChI is InChI=1S/C17H24N2O3/c1-3-4-5-11-18-15(20)17(9-10-17)16(21)19-13-7-6-8-14(12-13)22-2/h6-8,12H,3-5,9-11H2,1-2H3,(H,18,20)(H,19,21). The minimum absolute atomic E-state index is 0.149. The fraction of sp³-hybridized carbons (Fsp3) is 0.529. The van der Waals surface area contributed by atoms with Gasteiger partial charge < -0.3 is 15.4 Å². The Labute approximate surface area is 131 Å². The molecule has 0 aliphatic heterocycles. The molecule has 1 saturated carbocycles. The number of unbranched alkanes of at least 4 members (excludes halogenated alkanes) is 2. The maximum Gasteiger partial charge on any atom is 0.240 e. The highest BCUT2D eigenvalue weighted by molar-refractivity contribution is 6.13. The number of nitrogens with one attached hydrogen (secondary N) is 2. The number of carbonyl (C=O) groups excluding carboxylic acids is 2. The number of methoxy groups -OCH3 is 1. The van der Waals surface area contributed by atoms with Gasteiger partial charge in [0, 0.05) is 18.3 Å². The molecule has 1 aromatic carbocycles. The third-order valence-electron chi connectivity index (χ3n) is 4.01. The second kappa shape index (κ2) is 7.29. The Kier molecular flexibility index (Phi) is 5.41. The van der Waals surface area contributed by atoms with Gasteiger partial charge in [-0.1, -0.05) is 25.8 Å². The number of anilines is 1. The van der Waals surface area contributed by atoms with Gasteiger partial charge in [-0.25, -0.2) is 0 Å². The van der Waals surface area contributed by atoms with Gasteiger partial charge in [0.15, 0.2) is 0 Å². The lowest BCUT2D eigenvalue weighted by molar-refractivity contribution is -0.134. The molecule has 0 unspecified atom stereocenters. The number of hydrogen-bond acceptors (Lipinski definition) is 3. The van der Waals surface area contributed by atoms with Crippen LogP contribution in [0, 0.1) is 5.41 Å². The Morgan fingerprint density at radius 1 is 1.23 bits per heavy atom. The van der Waals surface area contributed by atoms with E-state index in [2.05, 4.69) is 17.6 Å². The maximum atomic E-state index is 12.4. The monoisotopic (exact) mass is 304 g/mol. The molecule has 0 bridgehead atoms. The second-order valence-electron chi connectivity index (χ2n) is 5.73. The summed E-state index contributed by atoms with van der Waals surface area (Å²) in [5.41, 5.74) is -0.232. The molecule has 1 aromatic rings. The van der Waals surface area contributed by atoms with E-state index < -0.39 is 5.41 Å². The maximum absolute atomic E-state index is 12.4. The summed E-state index contributed by atoms with van der Waals surface area (Å²) >= 11 is 0. The highest BCUT2D eigenvalue weighted by atomic mass is 16.5. The number of carbonyl (C=O) groups is 2. The van der Waals surface area contributed by atoms with Crippen LogP contribution in [0.15, 0.2) is 24.3 Å². The number of amides is 2. The molecule has 5 nitrogen and oxygen atoms in total. The van der Waals surface area contributed by atoms with E-state index in [0.29, 0.717) is 30.8 Å². The Morgan fingerprint density at radius 3 is 2.64 bits per heavy atom. The van der Waals surface area contributed by atoms with Crippen LogP contribution in [0.2, 0.25) is 0 Å². The highest BCUT2D eigenvalue weighted by Gasteiger charge is 2.56. The first kappa shape index (κ1) is 16.3. The van der Waals surface area contributed by atoms with Crippen LogP contribution in [0.4, 0.5) is 5.69 Å². The molecule has 0 aromatic heterocycles. The molecule has 120 valence electrons. The van der Waals surface area contributed by atoms with Crippen LogP contribution >= 0.6 is 0 Å². The Bertz CT molecular complexity index is 538. The van der Waals surface area contributed by atoms with Crippen molar-refractivity contribution in [1.82, 2.24) is 5.32 Å². The smallest absolute Gasteiger partial charge is 0.240 e. The number of ether oxygens (including phenoxy) is 1. The highest BCUT2D eigenvalue weighted by Crippen LogP contribution is 2.46. The summed E-state index contributed by atoms with van der Waals surface area (Å²) in [4.78, 5) is 24.7. The minimum atomic E-state index is -0.880. The number of hydrogen-bond donors (Lipinski definition) is 2. The van der Waals surface area contributed by atoms with Crippen molar-refractivity contribution in [3.05, 3.63) is 24.3 Å². The Morgan fingerprint density at radius 2 is 2.00 bits per heavy atom. The summed E-state index contributed by atoms with van der Waals surface area (Å²) in [5.74, 6) is 0.296. The summed E-state index contributed by atoms with van der Waals surface area (Å²) < 4.78 is 5.13. The zero-order valence-corrected chi connectivity index (χ0v) is 13.3. The molecule has 1 fully saturated rings. The molecular weight excluding hydrogens is 280 g/mol. The largest absolute Gasteiger partial charge is 0.497 e. The molecule has 0 atom stereocenters. The van der Waals surface area contributed by atoms with Gasteiger partial charge in [0.2, 0.25) is 11.8 Å². The van der Waals surface area contributed by atoms with E-state index in [1.165, 1.54) is 0 Å². The second-order valence-corrected chi connectivity index (χ2v) is 5.73. The summed E-state index contributed by atoms with van der Waals surface area (Å²) in [6.45, 7) is 2.76. The lowest BCUT2D eigenvalue weighted by atomic mass is 10.0. The van der Waals surface area contributed by atoms with Crippen molar-refractivity contribution in [1.29, 1.82) is 0 Å². The van der Waals surface area contributed by atoms with Crippen molar-refractivity contribution >= 4 is 17.5 Å². The molecule has 2 rings (SSSR count). The van der Waals surface area contributed by atoms with Crippen molar-refractivity contribution in [2.45, 2.75) is 39.0 Å². The van der Waals surface area contributed by atoms with Crippen molar-refractivity contribution in [3.63, 3.8) is 0 Å². The molecule has 0 spiro atoms. The van der Waals surface area contributed by atoms with Gasteiger partial charge in [-0.05, 0) is 31.4 Å². The fourth-order valence-corrected chi connectivity index (χ4v) is 2.38. The Hall–Kier alpha value is -2.04. The van der Waals surface area contributed by atoms with Crippen molar-refractivity contribution in [3.8, 4) is 5.75 Å². The van der Waals surface area contributed by atoms with Crippen LogP contribution in [-0.2, 0) is 9.59 Å². The lowest BCUT2D eigenvalue weighted by Crippen LogP contribution is -2.40. The first-order valence-electron chi connectivity index (χ1n) is 7.86. The average molecular weight is 304 g/mol.